The molecule has 1 atom stereocenters. The molecule has 3 amide bonds. The zero-order chi connectivity index (χ0) is 34.9. The van der Waals surface area contributed by atoms with Gasteiger partial charge in [0.2, 0.25) is 11.8 Å². The van der Waals surface area contributed by atoms with Crippen molar-refractivity contribution in [3.05, 3.63) is 123 Å². The molecule has 3 heterocycles. The second-order valence-corrected chi connectivity index (χ2v) is 14.0. The van der Waals surface area contributed by atoms with Crippen LogP contribution >= 0.6 is 15.9 Å². The Bertz CT molecular complexity index is 1970. The Morgan fingerprint density at radius 1 is 0.820 bits per heavy atom. The Morgan fingerprint density at radius 3 is 2.02 bits per heavy atom. The normalized spacial score (nSPS) is 18.6. The van der Waals surface area contributed by atoms with Crippen molar-refractivity contribution in [2.75, 3.05) is 31.1 Å². The number of nitrogens with zero attached hydrogens (tertiary/aromatic N) is 3. The van der Waals surface area contributed by atoms with Crippen molar-refractivity contribution in [1.29, 1.82) is 0 Å². The molecule has 4 aromatic carbocycles. The van der Waals surface area contributed by atoms with Crippen LogP contribution in [0.2, 0.25) is 0 Å². The third kappa shape index (κ3) is 6.78. The molecule has 7 rings (SSSR count). The van der Waals surface area contributed by atoms with Crippen LogP contribution in [0.4, 0.5) is 5.69 Å². The first-order chi connectivity index (χ1) is 24.2. The summed E-state index contributed by atoms with van der Waals surface area (Å²) in [5.41, 5.74) is 9.17. The molecule has 3 aliphatic heterocycles. The molecule has 9 nitrogen and oxygen atoms in total. The highest BCUT2D eigenvalue weighted by Gasteiger charge is 2.39. The summed E-state index contributed by atoms with van der Waals surface area (Å²) in [7, 11) is 0. The largest absolute Gasteiger partial charge is 0.508 e. The third-order valence-electron chi connectivity index (χ3n) is 10.0. The van der Waals surface area contributed by atoms with Crippen molar-refractivity contribution < 1.29 is 24.6 Å². The molecule has 1 unspecified atom stereocenters. The standard InChI is InChI=1S/C40H39BrN4O5/c1-2-33(25-5-11-31(46)12-6-25)38(27-7-13-32(47)14-8-27)26-3-9-30(10-4-26)44-19-17-43(18-20-44)23-29-21-28-24-45(40(50)34(28)22-35(29)41)36-15-16-37(48)42-39(36)49/h3-14,21-22,36,46-47H,2,15-20,23-24H2,1H3,(H,42,48,49). The van der Waals surface area contributed by atoms with E-state index < -0.39 is 11.9 Å². The fraction of sp³-hybridized carbons (Fsp3) is 0.275. The maximum absolute atomic E-state index is 13.2. The molecule has 0 spiro atoms. The number of phenolic OH excluding ortho intramolecular Hbond substituents is 2. The molecule has 3 N–H and O–H groups in total. The van der Waals surface area contributed by atoms with Crippen molar-refractivity contribution in [1.82, 2.24) is 15.1 Å². The first-order valence-corrected chi connectivity index (χ1v) is 17.8. The number of benzene rings is 4. The summed E-state index contributed by atoms with van der Waals surface area (Å²) >= 11 is 3.70. The van der Waals surface area contributed by atoms with Crippen molar-refractivity contribution in [2.45, 2.75) is 45.3 Å². The number of piperazine rings is 1. The van der Waals surface area contributed by atoms with Crippen molar-refractivity contribution in [2.24, 2.45) is 0 Å². The average Bonchev–Trinajstić information content (AvgIpc) is 3.43. The summed E-state index contributed by atoms with van der Waals surface area (Å²) in [4.78, 5) is 43.7. The van der Waals surface area contributed by atoms with Crippen LogP contribution in [0.1, 0.15) is 64.4 Å². The molecule has 0 saturated carbocycles. The molecule has 2 fully saturated rings. The summed E-state index contributed by atoms with van der Waals surface area (Å²) in [5.74, 6) is -0.404. The van der Waals surface area contributed by atoms with Crippen LogP contribution in [0, 0.1) is 0 Å². The molecule has 0 aliphatic carbocycles. The van der Waals surface area contributed by atoms with Gasteiger partial charge in [-0.25, -0.2) is 0 Å². The summed E-state index contributed by atoms with van der Waals surface area (Å²) in [6.07, 6.45) is 1.38. The molecule has 4 aromatic rings. The predicted octanol–water partition coefficient (Wildman–Crippen LogP) is 6.31. The monoisotopic (exact) mass is 734 g/mol. The highest BCUT2D eigenvalue weighted by Crippen LogP contribution is 2.37. The Morgan fingerprint density at radius 2 is 1.42 bits per heavy atom. The van der Waals surface area contributed by atoms with Crippen LogP contribution in [-0.2, 0) is 22.7 Å². The van der Waals surface area contributed by atoms with Crippen LogP contribution in [0.3, 0.4) is 0 Å². The number of phenols is 2. The number of carbonyl (C=O) groups excluding carboxylic acids is 3. The zero-order valence-electron chi connectivity index (χ0n) is 27.9. The highest BCUT2D eigenvalue weighted by molar-refractivity contribution is 9.10. The number of hydrogen-bond donors (Lipinski definition) is 3. The quantitative estimate of drug-likeness (QED) is 0.144. The molecular formula is C40H39BrN4O5. The minimum absolute atomic E-state index is 0.168. The SMILES string of the molecule is CCC(=C(c1ccc(O)cc1)c1ccc(N2CCN(Cc3cc4c(cc3Br)C(=O)N(C3CCC(=O)NC3=O)C4)CC2)cc1)c1ccc(O)cc1. The van der Waals surface area contributed by atoms with Crippen molar-refractivity contribution in [3.63, 3.8) is 0 Å². The van der Waals surface area contributed by atoms with E-state index in [1.807, 2.05) is 30.3 Å². The average molecular weight is 736 g/mol. The minimum atomic E-state index is -0.625. The Labute approximate surface area is 300 Å². The number of halogens is 1. The summed E-state index contributed by atoms with van der Waals surface area (Å²) in [6, 6.07) is 26.7. The van der Waals surface area contributed by atoms with E-state index in [2.05, 4.69) is 68.3 Å². The number of rotatable bonds is 8. The van der Waals surface area contributed by atoms with E-state index >= 15 is 0 Å². The lowest BCUT2D eigenvalue weighted by molar-refractivity contribution is -0.136. The second-order valence-electron chi connectivity index (χ2n) is 13.1. The predicted molar refractivity (Wildman–Crippen MR) is 197 cm³/mol. The maximum Gasteiger partial charge on any atom is 0.255 e. The van der Waals surface area contributed by atoms with Crippen LogP contribution in [0.15, 0.2) is 89.4 Å². The molecular weight excluding hydrogens is 696 g/mol. The number of hydrogen-bond acceptors (Lipinski definition) is 7. The Balaban J connectivity index is 1.04. The number of fused-ring (bicyclic) bond motifs is 1. The van der Waals surface area contributed by atoms with Crippen LogP contribution < -0.4 is 10.2 Å². The van der Waals surface area contributed by atoms with Crippen molar-refractivity contribution in [3.8, 4) is 11.5 Å². The summed E-state index contributed by atoms with van der Waals surface area (Å²) in [6.45, 7) is 6.75. The maximum atomic E-state index is 13.2. The van der Waals surface area contributed by atoms with Gasteiger partial charge in [0.25, 0.3) is 5.91 Å². The first kappa shape index (κ1) is 33.6. The number of piperidine rings is 1. The summed E-state index contributed by atoms with van der Waals surface area (Å²) in [5, 5.41) is 22.2. The van der Waals surface area contributed by atoms with Gasteiger partial charge in [-0.05, 0) is 94.3 Å². The van der Waals surface area contributed by atoms with E-state index in [0.717, 1.165) is 88.3 Å². The van der Waals surface area contributed by atoms with Gasteiger partial charge in [0.15, 0.2) is 0 Å². The number of imide groups is 1. The Kier molecular flexibility index (Phi) is 9.48. The molecule has 256 valence electrons. The van der Waals surface area contributed by atoms with E-state index in [1.54, 1.807) is 29.2 Å². The van der Waals surface area contributed by atoms with E-state index in [0.29, 0.717) is 18.5 Å². The lowest BCUT2D eigenvalue weighted by Gasteiger charge is -2.36. The van der Waals surface area contributed by atoms with Crippen LogP contribution in [0.5, 0.6) is 11.5 Å². The van der Waals surface area contributed by atoms with E-state index in [1.165, 1.54) is 0 Å². The van der Waals surface area contributed by atoms with Gasteiger partial charge in [0.1, 0.15) is 17.5 Å². The van der Waals surface area contributed by atoms with Crippen molar-refractivity contribution >= 4 is 50.5 Å². The van der Waals surface area contributed by atoms with Gasteiger partial charge in [0.05, 0.1) is 0 Å². The smallest absolute Gasteiger partial charge is 0.255 e. The zero-order valence-corrected chi connectivity index (χ0v) is 29.4. The molecule has 3 aliphatic rings. The fourth-order valence-corrected chi connectivity index (χ4v) is 7.81. The number of aromatic hydroxyl groups is 2. The number of anilines is 1. The summed E-state index contributed by atoms with van der Waals surface area (Å²) < 4.78 is 0.879. The molecule has 50 heavy (non-hydrogen) atoms. The van der Waals surface area contributed by atoms with E-state index in [9.17, 15) is 24.6 Å². The fourth-order valence-electron chi connectivity index (χ4n) is 7.34. The minimum Gasteiger partial charge on any atom is -0.508 e. The van der Waals surface area contributed by atoms with Gasteiger partial charge >= 0.3 is 0 Å². The van der Waals surface area contributed by atoms with Gasteiger partial charge in [-0.15, -0.1) is 0 Å². The second kappa shape index (κ2) is 14.1. The van der Waals surface area contributed by atoms with Gasteiger partial charge in [-0.2, -0.15) is 0 Å². The third-order valence-corrected chi connectivity index (χ3v) is 10.7. The van der Waals surface area contributed by atoms with Gasteiger partial charge in [0, 0.05) is 61.4 Å². The lowest BCUT2D eigenvalue weighted by Crippen LogP contribution is -2.52. The number of carbonyl (C=O) groups is 3. The highest BCUT2D eigenvalue weighted by atomic mass is 79.9. The van der Waals surface area contributed by atoms with E-state index in [4.69, 9.17) is 0 Å². The molecule has 2 saturated heterocycles. The van der Waals surface area contributed by atoms with Gasteiger partial charge < -0.3 is 20.0 Å². The van der Waals surface area contributed by atoms with E-state index in [-0.39, 0.29) is 29.7 Å². The van der Waals surface area contributed by atoms with Crippen LogP contribution in [0.25, 0.3) is 11.1 Å². The number of nitrogens with one attached hydrogen (secondary N) is 1. The molecule has 0 radical (unpaired) electrons. The first-order valence-electron chi connectivity index (χ1n) is 17.0. The number of allylic oxidation sites excluding steroid dienone is 1. The van der Waals surface area contributed by atoms with Gasteiger partial charge in [-0.1, -0.05) is 65.3 Å². The molecule has 0 bridgehead atoms. The topological polar surface area (TPSA) is 113 Å². The molecule has 0 aromatic heterocycles. The Hall–Kier alpha value is -4.93. The number of amides is 3. The molecule has 10 heteroatoms. The lowest BCUT2D eigenvalue weighted by atomic mass is 9.88. The van der Waals surface area contributed by atoms with Crippen LogP contribution in [-0.4, -0.2) is 70.0 Å². The van der Waals surface area contributed by atoms with Gasteiger partial charge in [-0.3, -0.25) is 24.6 Å².